The molecule has 1 aromatic heterocycles. The van der Waals surface area contributed by atoms with Gasteiger partial charge in [-0.2, -0.15) is 0 Å². The lowest BCUT2D eigenvalue weighted by atomic mass is 10.3. The second kappa shape index (κ2) is 7.14. The van der Waals surface area contributed by atoms with Gasteiger partial charge in [-0.25, -0.2) is 4.98 Å². The molecule has 0 spiro atoms. The van der Waals surface area contributed by atoms with Gasteiger partial charge in [-0.1, -0.05) is 23.2 Å². The number of halogens is 2. The number of nitrogens with zero attached hydrogens (tertiary/aromatic N) is 2. The molecule has 1 rings (SSSR count). The fourth-order valence-electron chi connectivity index (χ4n) is 1.46. The highest BCUT2D eigenvalue weighted by Crippen LogP contribution is 2.24. The molecular weight excluding hydrogens is 275 g/mol. The van der Waals surface area contributed by atoms with Gasteiger partial charge >= 0.3 is 0 Å². The highest BCUT2D eigenvalue weighted by Gasteiger charge is 2.13. The van der Waals surface area contributed by atoms with Crippen LogP contribution in [0.3, 0.4) is 0 Å². The molecule has 0 saturated carbocycles. The van der Waals surface area contributed by atoms with Crippen LogP contribution in [0.15, 0.2) is 12.1 Å². The largest absolute Gasteiger partial charge is 0.389 e. The Bertz CT molecular complexity index is 388. The standard InChI is InChI=1S/C12H18Cl2N2O2/c1-8(2)18-7-9(17)6-16(3)10-4-5-11(13)15-12(10)14/h4-5,8-9,17H,6-7H2,1-3H3. The van der Waals surface area contributed by atoms with Crippen LogP contribution >= 0.6 is 23.2 Å². The molecule has 1 N–H and O–H groups in total. The summed E-state index contributed by atoms with van der Waals surface area (Å²) in [4.78, 5) is 5.77. The van der Waals surface area contributed by atoms with Crippen LogP contribution in [-0.2, 0) is 4.74 Å². The molecule has 6 heteroatoms. The number of rotatable bonds is 6. The topological polar surface area (TPSA) is 45.6 Å². The van der Waals surface area contributed by atoms with Crippen molar-refractivity contribution >= 4 is 28.9 Å². The molecule has 0 aliphatic rings. The summed E-state index contributed by atoms with van der Waals surface area (Å²) in [7, 11) is 1.83. The van der Waals surface area contributed by atoms with E-state index in [0.717, 1.165) is 5.69 Å². The molecule has 0 amide bonds. The first kappa shape index (κ1) is 15.5. The molecule has 0 aliphatic heterocycles. The van der Waals surface area contributed by atoms with Crippen LogP contribution in [0.25, 0.3) is 0 Å². The zero-order chi connectivity index (χ0) is 13.7. The van der Waals surface area contributed by atoms with Crippen molar-refractivity contribution in [3.63, 3.8) is 0 Å². The maximum atomic E-state index is 9.82. The number of anilines is 1. The zero-order valence-electron chi connectivity index (χ0n) is 10.7. The van der Waals surface area contributed by atoms with Crippen molar-refractivity contribution in [1.29, 1.82) is 0 Å². The van der Waals surface area contributed by atoms with Gasteiger partial charge in [0.2, 0.25) is 0 Å². The summed E-state index contributed by atoms with van der Waals surface area (Å²) in [6.07, 6.45) is -0.477. The molecule has 0 bridgehead atoms. The molecule has 0 aromatic carbocycles. The van der Waals surface area contributed by atoms with Crippen LogP contribution in [0.5, 0.6) is 0 Å². The number of ether oxygens (including phenoxy) is 1. The smallest absolute Gasteiger partial charge is 0.154 e. The van der Waals surface area contributed by atoms with Crippen molar-refractivity contribution in [2.24, 2.45) is 0 Å². The van der Waals surface area contributed by atoms with E-state index in [9.17, 15) is 5.11 Å². The molecule has 4 nitrogen and oxygen atoms in total. The van der Waals surface area contributed by atoms with E-state index in [1.165, 1.54) is 0 Å². The van der Waals surface area contributed by atoms with Gasteiger partial charge in [-0.05, 0) is 26.0 Å². The highest BCUT2D eigenvalue weighted by molar-refractivity contribution is 6.34. The Morgan fingerprint density at radius 1 is 1.39 bits per heavy atom. The van der Waals surface area contributed by atoms with Crippen molar-refractivity contribution < 1.29 is 9.84 Å². The minimum atomic E-state index is -0.579. The Hall–Kier alpha value is -0.550. The summed E-state index contributed by atoms with van der Waals surface area (Å²) in [6.45, 7) is 4.56. The summed E-state index contributed by atoms with van der Waals surface area (Å²) in [5.74, 6) is 0. The van der Waals surface area contributed by atoms with Gasteiger partial charge in [-0.15, -0.1) is 0 Å². The van der Waals surface area contributed by atoms with Gasteiger partial charge in [0, 0.05) is 13.6 Å². The summed E-state index contributed by atoms with van der Waals surface area (Å²) in [6, 6.07) is 3.43. The van der Waals surface area contributed by atoms with E-state index in [4.69, 9.17) is 27.9 Å². The number of aliphatic hydroxyl groups excluding tert-OH is 1. The molecule has 0 radical (unpaired) electrons. The van der Waals surface area contributed by atoms with E-state index in [1.54, 1.807) is 12.1 Å². The highest BCUT2D eigenvalue weighted by atomic mass is 35.5. The lowest BCUT2D eigenvalue weighted by Crippen LogP contribution is -2.33. The lowest BCUT2D eigenvalue weighted by Gasteiger charge is -2.23. The van der Waals surface area contributed by atoms with Crippen molar-refractivity contribution in [2.45, 2.75) is 26.1 Å². The average molecular weight is 293 g/mol. The van der Waals surface area contributed by atoms with Crippen molar-refractivity contribution in [3.8, 4) is 0 Å². The SMILES string of the molecule is CC(C)OCC(O)CN(C)c1ccc(Cl)nc1Cl. The van der Waals surface area contributed by atoms with Crippen LogP contribution < -0.4 is 4.90 Å². The third kappa shape index (κ3) is 4.98. The monoisotopic (exact) mass is 292 g/mol. The Kier molecular flexibility index (Phi) is 6.15. The third-order valence-corrected chi connectivity index (χ3v) is 2.80. The second-order valence-corrected chi connectivity index (χ2v) is 5.11. The molecule has 0 saturated heterocycles. The molecule has 18 heavy (non-hydrogen) atoms. The maximum Gasteiger partial charge on any atom is 0.154 e. The van der Waals surface area contributed by atoms with Crippen molar-refractivity contribution in [1.82, 2.24) is 4.98 Å². The number of aliphatic hydroxyl groups is 1. The van der Waals surface area contributed by atoms with E-state index >= 15 is 0 Å². The van der Waals surface area contributed by atoms with Gasteiger partial charge in [0.15, 0.2) is 5.15 Å². The first-order valence-corrected chi connectivity index (χ1v) is 6.48. The van der Waals surface area contributed by atoms with Gasteiger partial charge in [-0.3, -0.25) is 0 Å². The van der Waals surface area contributed by atoms with Crippen LogP contribution in [0.4, 0.5) is 5.69 Å². The maximum absolute atomic E-state index is 9.82. The van der Waals surface area contributed by atoms with Crippen molar-refractivity contribution in [2.75, 3.05) is 25.1 Å². The molecule has 1 unspecified atom stereocenters. The van der Waals surface area contributed by atoms with Gasteiger partial charge in [0.25, 0.3) is 0 Å². The van der Waals surface area contributed by atoms with Gasteiger partial charge in [0.05, 0.1) is 24.5 Å². The summed E-state index contributed by atoms with van der Waals surface area (Å²) >= 11 is 11.7. The number of likely N-dealkylation sites (N-methyl/N-ethyl adjacent to an activating group) is 1. The predicted octanol–water partition coefficient (Wildman–Crippen LogP) is 2.61. The fraction of sp³-hybridized carbons (Fsp3) is 0.583. The first-order valence-electron chi connectivity index (χ1n) is 5.73. The van der Waals surface area contributed by atoms with Crippen LogP contribution in [0, 0.1) is 0 Å². The van der Waals surface area contributed by atoms with E-state index < -0.39 is 6.10 Å². The first-order chi connectivity index (χ1) is 8.40. The minimum Gasteiger partial charge on any atom is -0.389 e. The van der Waals surface area contributed by atoms with Gasteiger partial charge in [0.1, 0.15) is 5.15 Å². The molecule has 0 aliphatic carbocycles. The Labute approximate surface area is 117 Å². The Morgan fingerprint density at radius 3 is 2.61 bits per heavy atom. The molecule has 1 aromatic rings. The van der Waals surface area contributed by atoms with Crippen LogP contribution in [0.1, 0.15) is 13.8 Å². The number of hydrogen-bond acceptors (Lipinski definition) is 4. The predicted molar refractivity (Wildman–Crippen MR) is 74.6 cm³/mol. The molecular formula is C12H18Cl2N2O2. The average Bonchev–Trinajstić information content (AvgIpc) is 2.26. The zero-order valence-corrected chi connectivity index (χ0v) is 12.2. The van der Waals surface area contributed by atoms with Gasteiger partial charge < -0.3 is 14.7 Å². The summed E-state index contributed by atoms with van der Waals surface area (Å²) in [5.41, 5.74) is 0.727. The normalized spacial score (nSPS) is 12.8. The Morgan fingerprint density at radius 2 is 2.06 bits per heavy atom. The number of aromatic nitrogens is 1. The molecule has 0 fully saturated rings. The van der Waals surface area contributed by atoms with Crippen molar-refractivity contribution in [3.05, 3.63) is 22.4 Å². The van der Waals surface area contributed by atoms with E-state index in [-0.39, 0.29) is 6.10 Å². The fourth-order valence-corrected chi connectivity index (χ4v) is 1.95. The minimum absolute atomic E-state index is 0.103. The number of pyridine rings is 1. The summed E-state index contributed by atoms with van der Waals surface area (Å²) < 4.78 is 5.34. The summed E-state index contributed by atoms with van der Waals surface area (Å²) in [5, 5.41) is 10.5. The van der Waals surface area contributed by atoms with E-state index in [0.29, 0.717) is 23.5 Å². The Balaban J connectivity index is 2.56. The molecule has 1 heterocycles. The number of hydrogen-bond donors (Lipinski definition) is 1. The molecule has 1 atom stereocenters. The quantitative estimate of drug-likeness (QED) is 0.819. The molecule has 102 valence electrons. The lowest BCUT2D eigenvalue weighted by molar-refractivity contribution is 0.00926. The third-order valence-electron chi connectivity index (χ3n) is 2.31. The van der Waals surface area contributed by atoms with Crippen LogP contribution in [0.2, 0.25) is 10.3 Å². The second-order valence-electron chi connectivity index (χ2n) is 4.36. The van der Waals surface area contributed by atoms with E-state index in [2.05, 4.69) is 4.98 Å². The van der Waals surface area contributed by atoms with E-state index in [1.807, 2.05) is 25.8 Å². The van der Waals surface area contributed by atoms with Crippen LogP contribution in [-0.4, -0.2) is 42.5 Å².